The molecule has 0 aromatic rings. The molecular weight excluding hydrogens is 112 g/mol. The minimum atomic E-state index is -0.115. The fourth-order valence-electron chi connectivity index (χ4n) is 0.665. The highest BCUT2D eigenvalue weighted by atomic mass is 15.0. The Bertz CT molecular complexity index is 86.9. The second kappa shape index (κ2) is 3.59. The molecule has 0 aromatic carbocycles. The summed E-state index contributed by atoms with van der Waals surface area (Å²) in [5.41, 5.74) is 6.69. The van der Waals surface area contributed by atoms with Gasteiger partial charge in [-0.15, -0.1) is 0 Å². The van der Waals surface area contributed by atoms with Crippen LogP contribution in [-0.4, -0.2) is 5.54 Å². The molecule has 0 rings (SSSR count). The average molecular weight is 128 g/mol. The molecule has 1 N–H and O–H groups in total. The quantitative estimate of drug-likeness (QED) is 0.565. The SMILES string of the molecule is CCCCC(C)(C)N=N. The number of nitrogens with one attached hydrogen (secondary N) is 1. The van der Waals surface area contributed by atoms with E-state index in [0.717, 1.165) is 6.42 Å². The normalized spacial score (nSPS) is 11.4. The second-order valence-electron chi connectivity index (χ2n) is 3.03. The highest BCUT2D eigenvalue weighted by Crippen LogP contribution is 2.16. The van der Waals surface area contributed by atoms with Gasteiger partial charge in [-0.2, -0.15) is 5.11 Å². The molecule has 2 nitrogen and oxygen atoms in total. The first-order valence-corrected chi connectivity index (χ1v) is 3.51. The first kappa shape index (κ1) is 8.60. The summed E-state index contributed by atoms with van der Waals surface area (Å²) in [7, 11) is 0. The highest BCUT2D eigenvalue weighted by Gasteiger charge is 2.13. The van der Waals surface area contributed by atoms with E-state index in [4.69, 9.17) is 5.53 Å². The molecule has 0 aromatic heterocycles. The molecule has 0 aliphatic rings. The Hall–Kier alpha value is -0.400. The monoisotopic (exact) mass is 128 g/mol. The van der Waals surface area contributed by atoms with Gasteiger partial charge in [0, 0.05) is 0 Å². The number of rotatable bonds is 4. The number of nitrogens with zero attached hydrogens (tertiary/aromatic N) is 1. The first-order chi connectivity index (χ1) is 4.12. The Morgan fingerprint density at radius 2 is 2.00 bits per heavy atom. The van der Waals surface area contributed by atoms with Gasteiger partial charge in [-0.25, -0.2) is 5.53 Å². The molecule has 0 fully saturated rings. The van der Waals surface area contributed by atoms with E-state index in [-0.39, 0.29) is 5.54 Å². The van der Waals surface area contributed by atoms with Crippen LogP contribution in [0.2, 0.25) is 0 Å². The smallest absolute Gasteiger partial charge is 0.0757 e. The van der Waals surface area contributed by atoms with Gasteiger partial charge in [-0.05, 0) is 20.3 Å². The van der Waals surface area contributed by atoms with Crippen molar-refractivity contribution in [1.29, 1.82) is 5.53 Å². The minimum Gasteiger partial charge on any atom is -0.209 e. The van der Waals surface area contributed by atoms with Gasteiger partial charge in [0.25, 0.3) is 0 Å². The van der Waals surface area contributed by atoms with Crippen LogP contribution in [0, 0.1) is 5.53 Å². The molecule has 0 amide bonds. The maximum atomic E-state index is 6.81. The van der Waals surface area contributed by atoms with E-state index in [0.29, 0.717) is 0 Å². The maximum Gasteiger partial charge on any atom is 0.0757 e. The van der Waals surface area contributed by atoms with Crippen LogP contribution >= 0.6 is 0 Å². The summed E-state index contributed by atoms with van der Waals surface area (Å²) < 4.78 is 0. The standard InChI is InChI=1S/C7H16N2/c1-4-5-6-7(2,3)9-8/h8H,4-6H2,1-3H3. The molecule has 9 heavy (non-hydrogen) atoms. The summed E-state index contributed by atoms with van der Waals surface area (Å²) in [5, 5.41) is 3.51. The second-order valence-corrected chi connectivity index (χ2v) is 3.03. The van der Waals surface area contributed by atoms with Crippen molar-refractivity contribution in [1.82, 2.24) is 0 Å². The average Bonchev–Trinajstić information content (AvgIpc) is 1.84. The zero-order valence-corrected chi connectivity index (χ0v) is 6.57. The number of hydrogen-bond acceptors (Lipinski definition) is 2. The largest absolute Gasteiger partial charge is 0.209 e. The van der Waals surface area contributed by atoms with Gasteiger partial charge in [0.1, 0.15) is 0 Å². The van der Waals surface area contributed by atoms with Crippen molar-refractivity contribution in [3.05, 3.63) is 0 Å². The van der Waals surface area contributed by atoms with Gasteiger partial charge in [0.05, 0.1) is 5.54 Å². The summed E-state index contributed by atoms with van der Waals surface area (Å²) in [6, 6.07) is 0. The van der Waals surface area contributed by atoms with Gasteiger partial charge >= 0.3 is 0 Å². The van der Waals surface area contributed by atoms with E-state index in [1.165, 1.54) is 12.8 Å². The lowest BCUT2D eigenvalue weighted by Gasteiger charge is -2.15. The first-order valence-electron chi connectivity index (χ1n) is 3.51. The lowest BCUT2D eigenvalue weighted by Crippen LogP contribution is -2.14. The Labute approximate surface area is 57.2 Å². The summed E-state index contributed by atoms with van der Waals surface area (Å²) in [4.78, 5) is 0. The molecule has 0 bridgehead atoms. The van der Waals surface area contributed by atoms with Crippen LogP contribution in [0.5, 0.6) is 0 Å². The molecule has 0 aliphatic heterocycles. The highest BCUT2D eigenvalue weighted by molar-refractivity contribution is 4.73. The van der Waals surface area contributed by atoms with Crippen LogP contribution < -0.4 is 0 Å². The van der Waals surface area contributed by atoms with Crippen LogP contribution in [0.3, 0.4) is 0 Å². The summed E-state index contributed by atoms with van der Waals surface area (Å²) in [5.74, 6) is 0. The van der Waals surface area contributed by atoms with Crippen molar-refractivity contribution in [3.8, 4) is 0 Å². The molecule has 0 radical (unpaired) electrons. The minimum absolute atomic E-state index is 0.115. The molecule has 0 saturated heterocycles. The van der Waals surface area contributed by atoms with Crippen molar-refractivity contribution < 1.29 is 0 Å². The molecular formula is C7H16N2. The van der Waals surface area contributed by atoms with Gasteiger partial charge in [-0.3, -0.25) is 0 Å². The molecule has 0 saturated carbocycles. The Kier molecular flexibility index (Phi) is 3.43. The lowest BCUT2D eigenvalue weighted by molar-refractivity contribution is 0.430. The van der Waals surface area contributed by atoms with Crippen molar-refractivity contribution in [2.24, 2.45) is 5.11 Å². The summed E-state index contributed by atoms with van der Waals surface area (Å²) >= 11 is 0. The van der Waals surface area contributed by atoms with Crippen LogP contribution in [0.4, 0.5) is 0 Å². The Morgan fingerprint density at radius 1 is 1.44 bits per heavy atom. The lowest BCUT2D eigenvalue weighted by atomic mass is 9.99. The predicted molar refractivity (Wildman–Crippen MR) is 38.8 cm³/mol. The molecule has 2 heteroatoms. The molecule has 0 heterocycles. The van der Waals surface area contributed by atoms with Crippen LogP contribution in [0.15, 0.2) is 5.11 Å². The van der Waals surface area contributed by atoms with E-state index in [9.17, 15) is 0 Å². The Balaban J connectivity index is 3.45. The van der Waals surface area contributed by atoms with E-state index < -0.39 is 0 Å². The van der Waals surface area contributed by atoms with Crippen molar-refractivity contribution >= 4 is 0 Å². The van der Waals surface area contributed by atoms with Gasteiger partial charge in [0.2, 0.25) is 0 Å². The van der Waals surface area contributed by atoms with Crippen LogP contribution in [0.1, 0.15) is 40.0 Å². The summed E-state index contributed by atoms with van der Waals surface area (Å²) in [6.45, 7) is 6.14. The van der Waals surface area contributed by atoms with Gasteiger partial charge < -0.3 is 0 Å². The third-order valence-corrected chi connectivity index (χ3v) is 1.44. The molecule has 0 atom stereocenters. The molecule has 54 valence electrons. The van der Waals surface area contributed by atoms with E-state index in [1.807, 2.05) is 13.8 Å². The molecule has 0 spiro atoms. The fraction of sp³-hybridized carbons (Fsp3) is 1.00. The molecule has 0 aliphatic carbocycles. The van der Waals surface area contributed by atoms with E-state index in [1.54, 1.807) is 0 Å². The van der Waals surface area contributed by atoms with E-state index in [2.05, 4.69) is 12.0 Å². The number of hydrogen-bond donors (Lipinski definition) is 1. The zero-order chi connectivity index (χ0) is 7.33. The van der Waals surface area contributed by atoms with Crippen molar-refractivity contribution in [2.75, 3.05) is 0 Å². The predicted octanol–water partition coefficient (Wildman–Crippen LogP) is 2.99. The van der Waals surface area contributed by atoms with Crippen molar-refractivity contribution in [3.63, 3.8) is 0 Å². The maximum absolute atomic E-state index is 6.81. The Morgan fingerprint density at radius 3 is 2.33 bits per heavy atom. The van der Waals surface area contributed by atoms with Crippen LogP contribution in [0.25, 0.3) is 0 Å². The molecule has 0 unspecified atom stereocenters. The van der Waals surface area contributed by atoms with Crippen LogP contribution in [-0.2, 0) is 0 Å². The third kappa shape index (κ3) is 4.13. The topological polar surface area (TPSA) is 36.2 Å². The van der Waals surface area contributed by atoms with Crippen molar-refractivity contribution in [2.45, 2.75) is 45.6 Å². The number of unbranched alkanes of at least 4 members (excludes halogenated alkanes) is 1. The fourth-order valence-corrected chi connectivity index (χ4v) is 0.665. The van der Waals surface area contributed by atoms with Gasteiger partial charge in [0.15, 0.2) is 0 Å². The zero-order valence-electron chi connectivity index (χ0n) is 6.57. The van der Waals surface area contributed by atoms with E-state index >= 15 is 0 Å². The summed E-state index contributed by atoms with van der Waals surface area (Å²) in [6.07, 6.45) is 3.40. The third-order valence-electron chi connectivity index (χ3n) is 1.44. The van der Waals surface area contributed by atoms with Gasteiger partial charge in [-0.1, -0.05) is 19.8 Å².